The normalized spacial score (nSPS) is 12.8. The summed E-state index contributed by atoms with van der Waals surface area (Å²) in [6.45, 7) is 0. The van der Waals surface area contributed by atoms with Crippen LogP contribution in [0.1, 0.15) is 29.0 Å². The van der Waals surface area contributed by atoms with Gasteiger partial charge in [0.15, 0.2) is 0 Å². The molecule has 1 heterocycles. The second-order valence-electron chi connectivity index (χ2n) is 6.39. The Bertz CT molecular complexity index is 1080. The van der Waals surface area contributed by atoms with Crippen LogP contribution in [0.25, 0.3) is 0 Å². The molecule has 0 saturated heterocycles. The van der Waals surface area contributed by atoms with Crippen LogP contribution in [0.5, 0.6) is 0 Å². The highest BCUT2D eigenvalue weighted by molar-refractivity contribution is 9.10. The maximum Gasteiger partial charge on any atom is 0.250 e. The van der Waals surface area contributed by atoms with Gasteiger partial charge in [-0.15, -0.1) is 0 Å². The molecule has 3 rings (SSSR count). The molecule has 1 unspecified atom stereocenters. The molecule has 2 aromatic carbocycles. The molecule has 0 bridgehead atoms. The standard InChI is InChI=1S/C21H17BrF2N2O2/c1-26-12-14(4-9-21(26)27)20(25-28)11-18(13-2-5-15(22)6-3-13)17-8-7-16(23)10-19(17)24/h2-10,12,18,28H,11H2,1H3/b25-20+. The Labute approximate surface area is 168 Å². The fourth-order valence-corrected chi connectivity index (χ4v) is 3.33. The molecular weight excluding hydrogens is 430 g/mol. The largest absolute Gasteiger partial charge is 0.411 e. The predicted octanol–water partition coefficient (Wildman–Crippen LogP) is 4.83. The van der Waals surface area contributed by atoms with Gasteiger partial charge in [0.05, 0.1) is 5.71 Å². The highest BCUT2D eigenvalue weighted by atomic mass is 79.9. The lowest BCUT2D eigenvalue weighted by Crippen LogP contribution is -2.18. The number of hydrogen-bond acceptors (Lipinski definition) is 3. The van der Waals surface area contributed by atoms with Gasteiger partial charge in [-0.05, 0) is 35.4 Å². The van der Waals surface area contributed by atoms with Crippen LogP contribution in [0.3, 0.4) is 0 Å². The van der Waals surface area contributed by atoms with E-state index in [2.05, 4.69) is 21.1 Å². The van der Waals surface area contributed by atoms with Crippen molar-refractivity contribution in [2.24, 2.45) is 12.2 Å². The zero-order valence-corrected chi connectivity index (χ0v) is 16.5. The number of pyridine rings is 1. The maximum absolute atomic E-state index is 14.5. The van der Waals surface area contributed by atoms with Gasteiger partial charge in [0.1, 0.15) is 11.6 Å². The van der Waals surface area contributed by atoms with Gasteiger partial charge >= 0.3 is 0 Å². The van der Waals surface area contributed by atoms with Crippen LogP contribution < -0.4 is 5.56 Å². The van der Waals surface area contributed by atoms with Gasteiger partial charge in [0.2, 0.25) is 5.56 Å². The van der Waals surface area contributed by atoms with E-state index in [1.54, 1.807) is 19.3 Å². The third-order valence-corrected chi connectivity index (χ3v) is 5.08. The number of aryl methyl sites for hydroxylation is 1. The minimum Gasteiger partial charge on any atom is -0.411 e. The Hall–Kier alpha value is -2.80. The van der Waals surface area contributed by atoms with E-state index >= 15 is 0 Å². The van der Waals surface area contributed by atoms with E-state index in [1.807, 2.05) is 24.3 Å². The lowest BCUT2D eigenvalue weighted by Gasteiger charge is -2.20. The predicted molar refractivity (Wildman–Crippen MR) is 107 cm³/mol. The summed E-state index contributed by atoms with van der Waals surface area (Å²) in [6, 6.07) is 13.7. The third kappa shape index (κ3) is 4.36. The summed E-state index contributed by atoms with van der Waals surface area (Å²) in [6.07, 6.45) is 1.70. The van der Waals surface area contributed by atoms with Gasteiger partial charge in [0.25, 0.3) is 0 Å². The van der Waals surface area contributed by atoms with Crippen molar-refractivity contribution in [1.82, 2.24) is 4.57 Å². The van der Waals surface area contributed by atoms with Crippen molar-refractivity contribution in [2.75, 3.05) is 0 Å². The number of benzene rings is 2. The number of oxime groups is 1. The van der Waals surface area contributed by atoms with Crippen molar-refractivity contribution < 1.29 is 14.0 Å². The topological polar surface area (TPSA) is 54.6 Å². The number of halogens is 3. The van der Waals surface area contributed by atoms with Gasteiger partial charge < -0.3 is 9.77 Å². The summed E-state index contributed by atoms with van der Waals surface area (Å²) in [7, 11) is 1.59. The van der Waals surface area contributed by atoms with E-state index in [9.17, 15) is 18.8 Å². The Kier molecular flexibility index (Phi) is 6.04. The molecule has 4 nitrogen and oxygen atoms in total. The monoisotopic (exact) mass is 446 g/mol. The molecule has 144 valence electrons. The zero-order valence-electron chi connectivity index (χ0n) is 14.9. The van der Waals surface area contributed by atoms with Crippen molar-refractivity contribution in [3.8, 4) is 0 Å². The third-order valence-electron chi connectivity index (χ3n) is 4.55. The highest BCUT2D eigenvalue weighted by Gasteiger charge is 2.22. The Morgan fingerprint density at radius 3 is 2.46 bits per heavy atom. The second kappa shape index (κ2) is 8.48. The van der Waals surface area contributed by atoms with Crippen molar-refractivity contribution >= 4 is 21.6 Å². The van der Waals surface area contributed by atoms with Crippen molar-refractivity contribution in [1.29, 1.82) is 0 Å². The molecule has 0 aliphatic heterocycles. The van der Waals surface area contributed by atoms with Crippen LogP contribution in [-0.4, -0.2) is 15.5 Å². The van der Waals surface area contributed by atoms with Crippen LogP contribution in [0.4, 0.5) is 8.78 Å². The van der Waals surface area contributed by atoms with Crippen LogP contribution in [0.2, 0.25) is 0 Å². The smallest absolute Gasteiger partial charge is 0.250 e. The molecular formula is C21H17BrF2N2O2. The first-order chi connectivity index (χ1) is 13.4. The number of nitrogens with zero attached hydrogens (tertiary/aromatic N) is 2. The summed E-state index contributed by atoms with van der Waals surface area (Å²) >= 11 is 3.37. The minimum atomic E-state index is -0.675. The van der Waals surface area contributed by atoms with Crippen molar-refractivity contribution in [2.45, 2.75) is 12.3 Å². The molecule has 1 aromatic heterocycles. The lowest BCUT2D eigenvalue weighted by molar-refractivity contribution is 0.317. The van der Waals surface area contributed by atoms with Gasteiger partial charge in [-0.1, -0.05) is 39.3 Å². The van der Waals surface area contributed by atoms with Gasteiger partial charge in [-0.2, -0.15) is 0 Å². The number of rotatable bonds is 5. The molecule has 1 atom stereocenters. The molecule has 0 fully saturated rings. The number of hydrogen-bond donors (Lipinski definition) is 1. The molecule has 0 amide bonds. The van der Waals surface area contributed by atoms with Gasteiger partial charge in [-0.3, -0.25) is 4.79 Å². The van der Waals surface area contributed by atoms with Gasteiger partial charge in [-0.25, -0.2) is 8.78 Å². The van der Waals surface area contributed by atoms with E-state index in [0.29, 0.717) is 5.56 Å². The summed E-state index contributed by atoms with van der Waals surface area (Å²) < 4.78 is 30.2. The maximum atomic E-state index is 14.5. The molecule has 3 aromatic rings. The zero-order chi connectivity index (χ0) is 20.3. The summed E-state index contributed by atoms with van der Waals surface area (Å²) in [5, 5.41) is 13.0. The van der Waals surface area contributed by atoms with E-state index in [1.165, 1.54) is 22.8 Å². The van der Waals surface area contributed by atoms with Crippen LogP contribution in [-0.2, 0) is 7.05 Å². The van der Waals surface area contributed by atoms with Crippen LogP contribution in [0.15, 0.2) is 75.2 Å². The van der Waals surface area contributed by atoms with Gasteiger partial charge in [0, 0.05) is 47.8 Å². The SMILES string of the molecule is Cn1cc(/C(CC(c2ccc(Br)cc2)c2ccc(F)cc2F)=N/O)ccc1=O. The first-order valence-electron chi connectivity index (χ1n) is 8.47. The highest BCUT2D eigenvalue weighted by Crippen LogP contribution is 2.32. The molecule has 1 N–H and O–H groups in total. The molecule has 0 aliphatic carbocycles. The minimum absolute atomic E-state index is 0.152. The first-order valence-corrected chi connectivity index (χ1v) is 9.26. The average molecular weight is 447 g/mol. The van der Waals surface area contributed by atoms with E-state index < -0.39 is 17.6 Å². The quantitative estimate of drug-likeness (QED) is 0.346. The lowest BCUT2D eigenvalue weighted by atomic mass is 9.85. The Morgan fingerprint density at radius 1 is 1.14 bits per heavy atom. The molecule has 0 radical (unpaired) electrons. The second-order valence-corrected chi connectivity index (χ2v) is 7.30. The van der Waals surface area contributed by atoms with Crippen molar-refractivity contribution in [3.05, 3.63) is 104 Å². The average Bonchev–Trinajstić information content (AvgIpc) is 2.67. The van der Waals surface area contributed by atoms with E-state index in [0.717, 1.165) is 16.1 Å². The first kappa shape index (κ1) is 19.9. The fourth-order valence-electron chi connectivity index (χ4n) is 3.06. The Morgan fingerprint density at radius 2 is 1.86 bits per heavy atom. The van der Waals surface area contributed by atoms with Crippen molar-refractivity contribution in [3.63, 3.8) is 0 Å². The van der Waals surface area contributed by atoms with E-state index in [-0.39, 0.29) is 23.3 Å². The fraction of sp³-hybridized carbons (Fsp3) is 0.143. The molecule has 28 heavy (non-hydrogen) atoms. The number of aromatic nitrogens is 1. The molecule has 0 aliphatic rings. The summed E-state index contributed by atoms with van der Waals surface area (Å²) in [5.41, 5.74) is 1.69. The molecule has 7 heteroatoms. The Balaban J connectivity index is 2.06. The molecule has 0 saturated carbocycles. The van der Waals surface area contributed by atoms with Crippen LogP contribution >= 0.6 is 15.9 Å². The van der Waals surface area contributed by atoms with Crippen LogP contribution in [0, 0.1) is 11.6 Å². The summed E-state index contributed by atoms with van der Waals surface area (Å²) in [5.74, 6) is -1.85. The molecule has 0 spiro atoms. The van der Waals surface area contributed by atoms with E-state index in [4.69, 9.17) is 0 Å². The summed E-state index contributed by atoms with van der Waals surface area (Å²) in [4.78, 5) is 11.6.